The number of rotatable bonds is 7. The summed E-state index contributed by atoms with van der Waals surface area (Å²) in [5.41, 5.74) is 6.90. The van der Waals surface area contributed by atoms with Crippen LogP contribution < -0.4 is 5.32 Å². The van der Waals surface area contributed by atoms with Gasteiger partial charge in [0.2, 0.25) is 5.91 Å². The maximum atomic E-state index is 12.6. The van der Waals surface area contributed by atoms with E-state index < -0.39 is 0 Å². The van der Waals surface area contributed by atoms with Gasteiger partial charge >= 0.3 is 0 Å². The van der Waals surface area contributed by atoms with E-state index in [0.717, 1.165) is 40.2 Å². The van der Waals surface area contributed by atoms with Crippen molar-refractivity contribution in [3.63, 3.8) is 0 Å². The highest BCUT2D eigenvalue weighted by Gasteiger charge is 2.16. The number of allylic oxidation sites excluding steroid dienone is 4. The van der Waals surface area contributed by atoms with E-state index in [1.54, 1.807) is 35.5 Å². The van der Waals surface area contributed by atoms with Gasteiger partial charge in [0.15, 0.2) is 0 Å². The predicted octanol–water partition coefficient (Wildman–Crippen LogP) is 4.75. The molecule has 31 heavy (non-hydrogen) atoms. The lowest BCUT2D eigenvalue weighted by molar-refractivity contribution is -0.117. The van der Waals surface area contributed by atoms with Crippen LogP contribution in [0.2, 0.25) is 0 Å². The Balaban J connectivity index is 1.74. The molecule has 0 aromatic carbocycles. The minimum Gasteiger partial charge on any atom is -0.309 e. The van der Waals surface area contributed by atoms with Crippen LogP contribution in [-0.2, 0) is 11.3 Å². The molecule has 3 rings (SSSR count). The molecule has 0 radical (unpaired) electrons. The molecule has 1 N–H and O–H groups in total. The Bertz CT molecular complexity index is 1110. The minimum atomic E-state index is -0.180. The lowest BCUT2D eigenvalue weighted by atomic mass is 10.0. The number of nitrogens with zero attached hydrogens (tertiary/aromatic N) is 5. The lowest BCUT2D eigenvalue weighted by Gasteiger charge is -2.08. The molecule has 0 atom stereocenters. The van der Waals surface area contributed by atoms with Gasteiger partial charge in [-0.2, -0.15) is 5.10 Å². The van der Waals surface area contributed by atoms with Crippen LogP contribution in [0.25, 0.3) is 16.8 Å². The summed E-state index contributed by atoms with van der Waals surface area (Å²) in [6.45, 7) is 10.4. The molecular weight excluding hydrogens is 388 g/mol. The summed E-state index contributed by atoms with van der Waals surface area (Å²) in [6, 6.07) is 3.61. The standard InChI is InChI=1S/C24H28N6O/c1-6-7-19(12-16(2)3)24-17(4)29-30(18(24)5)15-23(31)28-22-9-8-20(13-27-22)21-14-25-10-11-26-21/h7-14H,6,15H2,1-5H3,(H,27,28,31)/b19-7+. The van der Waals surface area contributed by atoms with Crippen LogP contribution in [0, 0.1) is 13.8 Å². The SMILES string of the molecule is CC/C=C(\C=C(C)C)c1c(C)nn(CC(=O)Nc2ccc(-c3cnccn3)cn2)c1C. The Kier molecular flexibility index (Phi) is 7.07. The van der Waals surface area contributed by atoms with E-state index in [1.807, 2.05) is 19.9 Å². The largest absolute Gasteiger partial charge is 0.309 e. The fourth-order valence-electron chi connectivity index (χ4n) is 3.42. The second kappa shape index (κ2) is 9.93. The Hall–Kier alpha value is -3.61. The van der Waals surface area contributed by atoms with E-state index >= 15 is 0 Å². The number of aromatic nitrogens is 5. The summed E-state index contributed by atoms with van der Waals surface area (Å²) in [5, 5.41) is 7.44. The molecule has 7 nitrogen and oxygen atoms in total. The van der Waals surface area contributed by atoms with Gasteiger partial charge in [-0.05, 0) is 51.8 Å². The van der Waals surface area contributed by atoms with Gasteiger partial charge in [0.05, 0.1) is 17.6 Å². The summed E-state index contributed by atoms with van der Waals surface area (Å²) in [4.78, 5) is 25.3. The molecule has 0 saturated heterocycles. The predicted molar refractivity (Wildman–Crippen MR) is 123 cm³/mol. The summed E-state index contributed by atoms with van der Waals surface area (Å²) in [6.07, 6.45) is 11.9. The Morgan fingerprint density at radius 2 is 1.94 bits per heavy atom. The van der Waals surface area contributed by atoms with Crippen molar-refractivity contribution in [2.24, 2.45) is 0 Å². The highest BCUT2D eigenvalue weighted by molar-refractivity contribution is 5.90. The number of aryl methyl sites for hydroxylation is 1. The van der Waals surface area contributed by atoms with E-state index in [4.69, 9.17) is 0 Å². The number of amides is 1. The van der Waals surface area contributed by atoms with Crippen molar-refractivity contribution < 1.29 is 4.79 Å². The Morgan fingerprint density at radius 3 is 2.55 bits per heavy atom. The van der Waals surface area contributed by atoms with E-state index in [1.165, 1.54) is 5.57 Å². The molecule has 3 aromatic rings. The first-order valence-corrected chi connectivity index (χ1v) is 10.3. The number of nitrogens with one attached hydrogen (secondary N) is 1. The molecule has 0 aliphatic heterocycles. The first kappa shape index (κ1) is 22.1. The van der Waals surface area contributed by atoms with Gasteiger partial charge in [0, 0.05) is 35.4 Å². The Labute approximate surface area is 183 Å². The van der Waals surface area contributed by atoms with E-state index in [0.29, 0.717) is 5.82 Å². The maximum absolute atomic E-state index is 12.6. The van der Waals surface area contributed by atoms with Crippen LogP contribution in [0.5, 0.6) is 0 Å². The fraction of sp³-hybridized carbons (Fsp3) is 0.292. The normalized spacial score (nSPS) is 11.3. The van der Waals surface area contributed by atoms with Crippen LogP contribution in [-0.4, -0.2) is 30.6 Å². The molecule has 0 aliphatic rings. The molecule has 0 aliphatic carbocycles. The number of hydrogen-bond acceptors (Lipinski definition) is 5. The fourth-order valence-corrected chi connectivity index (χ4v) is 3.42. The van der Waals surface area contributed by atoms with Crippen LogP contribution >= 0.6 is 0 Å². The molecule has 7 heteroatoms. The highest BCUT2D eigenvalue weighted by Crippen LogP contribution is 2.25. The summed E-state index contributed by atoms with van der Waals surface area (Å²) >= 11 is 0. The van der Waals surface area contributed by atoms with Crippen LogP contribution in [0.1, 0.15) is 44.1 Å². The second-order valence-corrected chi connectivity index (χ2v) is 7.56. The third-order valence-corrected chi connectivity index (χ3v) is 4.72. The van der Waals surface area contributed by atoms with Gasteiger partial charge in [-0.25, -0.2) is 4.98 Å². The van der Waals surface area contributed by atoms with Crippen molar-refractivity contribution in [1.29, 1.82) is 0 Å². The number of pyridine rings is 1. The molecule has 0 unspecified atom stereocenters. The summed E-state index contributed by atoms with van der Waals surface area (Å²) < 4.78 is 1.75. The quantitative estimate of drug-likeness (QED) is 0.562. The van der Waals surface area contributed by atoms with Crippen molar-refractivity contribution in [1.82, 2.24) is 24.7 Å². The molecule has 0 fully saturated rings. The van der Waals surface area contributed by atoms with Gasteiger partial charge in [-0.15, -0.1) is 0 Å². The van der Waals surface area contributed by atoms with Crippen molar-refractivity contribution >= 4 is 17.3 Å². The molecule has 1 amide bonds. The summed E-state index contributed by atoms with van der Waals surface area (Å²) in [5.74, 6) is 0.302. The maximum Gasteiger partial charge on any atom is 0.247 e. The van der Waals surface area contributed by atoms with Crippen molar-refractivity contribution in [2.75, 3.05) is 5.32 Å². The molecular formula is C24H28N6O. The van der Waals surface area contributed by atoms with Crippen molar-refractivity contribution in [3.8, 4) is 11.3 Å². The zero-order chi connectivity index (χ0) is 22.4. The van der Waals surface area contributed by atoms with Crippen molar-refractivity contribution in [2.45, 2.75) is 47.6 Å². The average Bonchev–Trinajstić information content (AvgIpc) is 3.01. The summed E-state index contributed by atoms with van der Waals surface area (Å²) in [7, 11) is 0. The number of anilines is 1. The molecule has 3 aromatic heterocycles. The van der Waals surface area contributed by atoms with Gasteiger partial charge in [-0.1, -0.05) is 24.6 Å². The molecule has 160 valence electrons. The number of carbonyl (C=O) groups excluding carboxylic acids is 1. The molecule has 3 heterocycles. The van der Waals surface area contributed by atoms with E-state index in [-0.39, 0.29) is 12.5 Å². The van der Waals surface area contributed by atoms with Crippen LogP contribution in [0.3, 0.4) is 0 Å². The molecule has 0 saturated carbocycles. The van der Waals surface area contributed by atoms with Gasteiger partial charge in [0.1, 0.15) is 12.4 Å². The lowest BCUT2D eigenvalue weighted by Crippen LogP contribution is -2.21. The van der Waals surface area contributed by atoms with E-state index in [2.05, 4.69) is 58.3 Å². The Morgan fingerprint density at radius 1 is 1.13 bits per heavy atom. The number of carbonyl (C=O) groups is 1. The highest BCUT2D eigenvalue weighted by atomic mass is 16.2. The van der Waals surface area contributed by atoms with Crippen molar-refractivity contribution in [3.05, 3.63) is 71.6 Å². The van der Waals surface area contributed by atoms with Crippen LogP contribution in [0.4, 0.5) is 5.82 Å². The van der Waals surface area contributed by atoms with Gasteiger partial charge in [-0.3, -0.25) is 19.4 Å². The van der Waals surface area contributed by atoms with E-state index in [9.17, 15) is 4.79 Å². The first-order valence-electron chi connectivity index (χ1n) is 10.3. The second-order valence-electron chi connectivity index (χ2n) is 7.56. The van der Waals surface area contributed by atoms with Gasteiger partial charge < -0.3 is 5.32 Å². The van der Waals surface area contributed by atoms with Gasteiger partial charge in [0.25, 0.3) is 0 Å². The third-order valence-electron chi connectivity index (χ3n) is 4.72. The zero-order valence-electron chi connectivity index (χ0n) is 18.7. The zero-order valence-corrected chi connectivity index (χ0v) is 18.7. The number of hydrogen-bond donors (Lipinski definition) is 1. The molecule has 0 bridgehead atoms. The topological polar surface area (TPSA) is 85.6 Å². The first-order chi connectivity index (χ1) is 14.9. The third kappa shape index (κ3) is 5.51. The monoisotopic (exact) mass is 416 g/mol. The van der Waals surface area contributed by atoms with Crippen LogP contribution in [0.15, 0.2) is 54.6 Å². The molecule has 0 spiro atoms. The smallest absolute Gasteiger partial charge is 0.247 e. The average molecular weight is 417 g/mol. The minimum absolute atomic E-state index is 0.120.